The molecule has 0 saturated carbocycles. The molecule has 0 saturated heterocycles. The van der Waals surface area contributed by atoms with Crippen LogP contribution in [0.4, 0.5) is 0 Å². The molecular formula is H16N4O8W2. The van der Waals surface area contributed by atoms with Crippen molar-refractivity contribution in [2.75, 3.05) is 0 Å². The van der Waals surface area contributed by atoms with E-state index in [2.05, 4.69) is 0 Å². The van der Waals surface area contributed by atoms with Crippen LogP contribution in [0.25, 0.3) is 0 Å². The predicted molar refractivity (Wildman–Crippen MR) is 26.7 cm³/mol. The van der Waals surface area contributed by atoms with Gasteiger partial charge in [-0.05, 0) is 0 Å². The Hall–Kier alpha value is 0.257. The van der Waals surface area contributed by atoms with Crippen molar-refractivity contribution >= 4 is 0 Å². The maximum atomic E-state index is 8.65. The Kier molecular flexibility index (Phi) is 34.8. The molecule has 0 aromatic carbocycles. The molecule has 0 heterocycles. The van der Waals surface area contributed by atoms with E-state index in [1.165, 1.54) is 0 Å². The van der Waals surface area contributed by atoms with Gasteiger partial charge in [0, 0.05) is 0 Å². The number of hydrogen-bond donors (Lipinski definition) is 4. The third-order valence-electron chi connectivity index (χ3n) is 0. The van der Waals surface area contributed by atoms with Crippen molar-refractivity contribution in [2.24, 2.45) is 0 Å². The molecule has 0 aliphatic rings. The first-order chi connectivity index (χ1) is 4.00. The third-order valence-corrected chi connectivity index (χ3v) is 0. The average molecular weight is 568 g/mol. The second-order valence-electron chi connectivity index (χ2n) is 0.816. The van der Waals surface area contributed by atoms with Gasteiger partial charge < -0.3 is 24.6 Å². The van der Waals surface area contributed by atoms with Crippen LogP contribution in [0.15, 0.2) is 0 Å². The van der Waals surface area contributed by atoms with Crippen LogP contribution in [-0.4, -0.2) is 0 Å². The van der Waals surface area contributed by atoms with Crippen LogP contribution in [0.3, 0.4) is 0 Å². The standard InChI is InChI=1S/4H3N.8O.2W/h4*1H3;;;;;;;;;;/q;;;;;;;;4*-1;;/p+4. The fourth-order valence-electron chi connectivity index (χ4n) is 0. The van der Waals surface area contributed by atoms with Gasteiger partial charge >= 0.3 is 62.1 Å². The Balaban J connectivity index is -0.0000000178. The van der Waals surface area contributed by atoms with Crippen LogP contribution in [0.1, 0.15) is 0 Å². The molecule has 0 aliphatic carbocycles. The summed E-state index contributed by atoms with van der Waals surface area (Å²) in [5, 5.41) is 0. The molecule has 0 rings (SSSR count). The maximum absolute atomic E-state index is 8.65. The summed E-state index contributed by atoms with van der Waals surface area (Å²) in [7, 11) is 0. The fraction of sp³-hybridized carbons (Fsp3) is 0. The zero-order valence-corrected chi connectivity index (χ0v) is 13.9. The summed E-state index contributed by atoms with van der Waals surface area (Å²) in [4.78, 5) is 0. The van der Waals surface area contributed by atoms with Crippen molar-refractivity contribution in [3.05, 3.63) is 0 Å². The molecule has 0 fully saturated rings. The molecule has 0 bridgehead atoms. The molecule has 0 radical (unpaired) electrons. The fourth-order valence-corrected chi connectivity index (χ4v) is 0. The first-order valence-electron chi connectivity index (χ1n) is 1.33. The first kappa shape index (κ1) is 36.8. The van der Waals surface area contributed by atoms with Crippen molar-refractivity contribution < 1.29 is 62.1 Å². The van der Waals surface area contributed by atoms with E-state index >= 15 is 0 Å². The number of hydrogen-bond acceptors (Lipinski definition) is 8. The predicted octanol–water partition coefficient (Wildman–Crippen LogP) is -3.73. The van der Waals surface area contributed by atoms with Gasteiger partial charge in [-0.3, -0.25) is 0 Å². The molecule has 0 unspecified atom stereocenters. The molecule has 96 valence electrons. The summed E-state index contributed by atoms with van der Waals surface area (Å²) in [6.45, 7) is 0. The van der Waals surface area contributed by atoms with E-state index in [9.17, 15) is 0 Å². The van der Waals surface area contributed by atoms with E-state index in [-0.39, 0.29) is 24.6 Å². The van der Waals surface area contributed by atoms with Crippen molar-refractivity contribution in [3.63, 3.8) is 0 Å². The molecule has 0 aliphatic heterocycles. The van der Waals surface area contributed by atoms with Crippen molar-refractivity contribution in [3.8, 4) is 0 Å². The minimum atomic E-state index is -6.17. The topological polar surface area (TPSA) is 307 Å². The second kappa shape index (κ2) is 13.3. The summed E-state index contributed by atoms with van der Waals surface area (Å²) < 4.78 is 69.2. The second-order valence-corrected chi connectivity index (χ2v) is 6.68. The summed E-state index contributed by atoms with van der Waals surface area (Å²) in [6, 6.07) is 0. The number of rotatable bonds is 0. The zero-order valence-electron chi connectivity index (χ0n) is 8.08. The van der Waals surface area contributed by atoms with Crippen LogP contribution >= 0.6 is 0 Å². The molecular weight excluding hydrogens is 552 g/mol. The van der Waals surface area contributed by atoms with Gasteiger partial charge in [-0.25, -0.2) is 0 Å². The molecule has 0 atom stereocenters. The van der Waals surface area contributed by atoms with Crippen LogP contribution in [0.2, 0.25) is 0 Å². The Morgan fingerprint density at radius 3 is 0.500 bits per heavy atom. The van der Waals surface area contributed by atoms with Crippen LogP contribution in [0, 0.1) is 0 Å². The minimum absolute atomic E-state index is 0. The van der Waals surface area contributed by atoms with Gasteiger partial charge in [0.1, 0.15) is 0 Å². The Bertz CT molecular complexity index is 216. The molecule has 14 heteroatoms. The zero-order chi connectivity index (χ0) is 9.00. The molecule has 16 N–H and O–H groups in total. The van der Waals surface area contributed by atoms with Gasteiger partial charge in [-0.2, -0.15) is 0 Å². The quantitative estimate of drug-likeness (QED) is 0.225. The molecule has 0 spiro atoms. The van der Waals surface area contributed by atoms with Gasteiger partial charge in [0.05, 0.1) is 0 Å². The summed E-state index contributed by atoms with van der Waals surface area (Å²) in [6.07, 6.45) is 0. The van der Waals surface area contributed by atoms with Gasteiger partial charge in [-0.15, -0.1) is 0 Å². The Morgan fingerprint density at radius 1 is 0.500 bits per heavy atom. The van der Waals surface area contributed by atoms with Crippen LogP contribution in [-0.2, 0) is 47.1 Å². The van der Waals surface area contributed by atoms with Crippen LogP contribution < -0.4 is 39.6 Å². The van der Waals surface area contributed by atoms with E-state index in [0.29, 0.717) is 0 Å². The summed E-state index contributed by atoms with van der Waals surface area (Å²) in [5.41, 5.74) is 0. The molecule has 12 nitrogen and oxygen atoms in total. The summed E-state index contributed by atoms with van der Waals surface area (Å²) >= 11 is -12.3. The SMILES string of the molecule is [NH4+].[NH4+].[NH4+].[NH4+].[O]=[W](=[O])([O-])[O-].[O]=[W](=[O])([O-])[O-]. The van der Waals surface area contributed by atoms with E-state index in [4.69, 9.17) is 28.6 Å². The molecule has 14 heavy (non-hydrogen) atoms. The van der Waals surface area contributed by atoms with E-state index in [0.717, 1.165) is 0 Å². The monoisotopic (exact) mass is 568 g/mol. The first-order valence-corrected chi connectivity index (χ1v) is 10.9. The van der Waals surface area contributed by atoms with Gasteiger partial charge in [-0.1, -0.05) is 0 Å². The van der Waals surface area contributed by atoms with Gasteiger partial charge in [0.2, 0.25) is 0 Å². The van der Waals surface area contributed by atoms with Crippen molar-refractivity contribution in [1.82, 2.24) is 24.6 Å². The van der Waals surface area contributed by atoms with Crippen LogP contribution in [0.5, 0.6) is 0 Å². The molecule has 0 aromatic rings. The summed E-state index contributed by atoms with van der Waals surface area (Å²) in [5.74, 6) is 0. The third kappa shape index (κ3) is 23600. The van der Waals surface area contributed by atoms with E-state index in [1.807, 2.05) is 0 Å². The van der Waals surface area contributed by atoms with Gasteiger partial charge in [0.25, 0.3) is 0 Å². The van der Waals surface area contributed by atoms with Crippen molar-refractivity contribution in [1.29, 1.82) is 0 Å². The molecule has 0 amide bonds. The molecule has 0 aromatic heterocycles. The van der Waals surface area contributed by atoms with E-state index in [1.54, 1.807) is 0 Å². The number of quaternary nitrogens is 4. The van der Waals surface area contributed by atoms with Gasteiger partial charge in [0.15, 0.2) is 0 Å². The Morgan fingerprint density at radius 2 is 0.500 bits per heavy atom. The van der Waals surface area contributed by atoms with E-state index < -0.39 is 33.5 Å². The Labute approximate surface area is 86.7 Å². The normalized spacial score (nSPS) is 8.29. The average Bonchev–Trinajstić information content (AvgIpc) is 1.12. The van der Waals surface area contributed by atoms with Crippen molar-refractivity contribution in [2.45, 2.75) is 0 Å².